The molecule has 3 aliphatic rings. The number of hydrogen-bond acceptors (Lipinski definition) is 6. The van der Waals surface area contributed by atoms with Crippen molar-refractivity contribution in [1.82, 2.24) is 15.3 Å². The molecule has 0 aliphatic carbocycles. The first kappa shape index (κ1) is 12.6. The SMILES string of the molecule is CCCCN1C2=NC(Cl)NN2C2=C1[N+](=O)CN=C2C. The van der Waals surface area contributed by atoms with Gasteiger partial charge in [-0.15, -0.1) is 0 Å². The second kappa shape index (κ2) is 4.57. The Balaban J connectivity index is 2.02. The maximum atomic E-state index is 12.1. The maximum absolute atomic E-state index is 12.1. The number of hydrazine groups is 1. The van der Waals surface area contributed by atoms with E-state index >= 15 is 0 Å². The Morgan fingerprint density at radius 2 is 2.37 bits per heavy atom. The van der Waals surface area contributed by atoms with Crippen LogP contribution in [0.1, 0.15) is 26.7 Å². The first-order valence-corrected chi connectivity index (χ1v) is 6.83. The van der Waals surface area contributed by atoms with Crippen LogP contribution in [0.15, 0.2) is 21.5 Å². The molecule has 3 rings (SSSR count). The Labute approximate surface area is 116 Å². The van der Waals surface area contributed by atoms with E-state index in [1.165, 1.54) is 0 Å². The molecule has 0 saturated carbocycles. The average Bonchev–Trinajstić information content (AvgIpc) is 2.87. The molecule has 0 fully saturated rings. The third kappa shape index (κ3) is 1.84. The van der Waals surface area contributed by atoms with Crippen molar-refractivity contribution in [1.29, 1.82) is 0 Å². The number of nitrogens with one attached hydrogen (secondary N) is 1. The molecule has 0 aromatic rings. The van der Waals surface area contributed by atoms with Gasteiger partial charge in [-0.2, -0.15) is 15.3 Å². The summed E-state index contributed by atoms with van der Waals surface area (Å²) < 4.78 is 0.906. The van der Waals surface area contributed by atoms with Crippen LogP contribution in [0.4, 0.5) is 0 Å². The molecule has 3 aliphatic heterocycles. The number of unbranched alkanes of at least 4 members (excludes halogenated alkanes) is 1. The Bertz CT molecular complexity index is 525. The monoisotopic (exact) mass is 283 g/mol. The minimum Gasteiger partial charge on any atom is -0.240 e. The van der Waals surface area contributed by atoms with Gasteiger partial charge in [0.05, 0.1) is 12.3 Å². The third-order valence-electron chi connectivity index (χ3n) is 3.35. The fraction of sp³-hybridized carbons (Fsp3) is 0.636. The van der Waals surface area contributed by atoms with E-state index in [-0.39, 0.29) is 6.67 Å². The van der Waals surface area contributed by atoms with Gasteiger partial charge in [-0.3, -0.25) is 0 Å². The average molecular weight is 284 g/mol. The normalized spacial score (nSPS) is 25.6. The quantitative estimate of drug-likeness (QED) is 0.480. The molecule has 1 unspecified atom stereocenters. The topological polar surface area (TPSA) is 63.3 Å². The molecule has 0 aromatic carbocycles. The van der Waals surface area contributed by atoms with Gasteiger partial charge in [-0.05, 0) is 13.3 Å². The van der Waals surface area contributed by atoms with E-state index in [1.807, 2.05) is 11.8 Å². The van der Waals surface area contributed by atoms with Crippen LogP contribution in [0.5, 0.6) is 0 Å². The van der Waals surface area contributed by atoms with Crippen molar-refractivity contribution >= 4 is 23.3 Å². The number of allylic oxidation sites excluding steroid dienone is 1. The number of alkyl halides is 1. The predicted octanol–water partition coefficient (Wildman–Crippen LogP) is 1.18. The highest BCUT2D eigenvalue weighted by Gasteiger charge is 2.51. The Morgan fingerprint density at radius 1 is 1.58 bits per heavy atom. The van der Waals surface area contributed by atoms with E-state index < -0.39 is 5.62 Å². The van der Waals surface area contributed by atoms with Gasteiger partial charge in [0, 0.05) is 4.76 Å². The smallest absolute Gasteiger partial charge is 0.240 e. The molecule has 1 N–H and O–H groups in total. The fourth-order valence-electron chi connectivity index (χ4n) is 2.44. The van der Waals surface area contributed by atoms with Crippen LogP contribution < -0.4 is 5.43 Å². The van der Waals surface area contributed by atoms with E-state index in [2.05, 4.69) is 22.3 Å². The number of halogens is 1. The zero-order valence-electron chi connectivity index (χ0n) is 10.9. The third-order valence-corrected chi connectivity index (χ3v) is 3.54. The molecule has 0 saturated heterocycles. The van der Waals surface area contributed by atoms with E-state index in [4.69, 9.17) is 11.6 Å². The molecule has 8 heteroatoms. The lowest BCUT2D eigenvalue weighted by atomic mass is 10.2. The summed E-state index contributed by atoms with van der Waals surface area (Å²) in [6, 6.07) is 0. The van der Waals surface area contributed by atoms with Crippen LogP contribution >= 0.6 is 11.6 Å². The van der Waals surface area contributed by atoms with E-state index in [0.717, 1.165) is 35.6 Å². The number of hydrogen-bond donors (Lipinski definition) is 1. The molecular weight excluding hydrogens is 268 g/mol. The van der Waals surface area contributed by atoms with Gasteiger partial charge in [0.2, 0.25) is 6.67 Å². The minimum atomic E-state index is -0.497. The lowest BCUT2D eigenvalue weighted by Gasteiger charge is -2.15. The van der Waals surface area contributed by atoms with E-state index in [1.54, 1.807) is 5.01 Å². The highest BCUT2D eigenvalue weighted by atomic mass is 35.5. The summed E-state index contributed by atoms with van der Waals surface area (Å²) in [5.74, 6) is 1.31. The summed E-state index contributed by atoms with van der Waals surface area (Å²) in [7, 11) is 0. The Kier molecular flexibility index (Phi) is 3.02. The molecule has 1 atom stereocenters. The number of nitroso groups, excluding NO2 is 1. The van der Waals surface area contributed by atoms with Gasteiger partial charge >= 0.3 is 11.8 Å². The molecule has 102 valence electrons. The van der Waals surface area contributed by atoms with Crippen LogP contribution in [0, 0.1) is 4.91 Å². The molecule has 0 amide bonds. The summed E-state index contributed by atoms with van der Waals surface area (Å²) in [6.45, 7) is 4.90. The molecule has 0 radical (unpaired) electrons. The second-order valence-electron chi connectivity index (χ2n) is 4.67. The number of aliphatic imine (C=N–C) groups is 2. The van der Waals surface area contributed by atoms with Crippen molar-refractivity contribution in [3.8, 4) is 0 Å². The standard InChI is InChI=1S/C11H16ClN6O/c1-3-4-5-16-9-8(7(2)13-6-17(9)19)18-11(16)14-10(12)15-18/h10,15H,3-6H2,1-2H3/q+1. The molecule has 7 nitrogen and oxygen atoms in total. The highest BCUT2D eigenvalue weighted by molar-refractivity contribution is 6.21. The molecule has 0 bridgehead atoms. The summed E-state index contributed by atoms with van der Waals surface area (Å²) in [4.78, 5) is 22.6. The summed E-state index contributed by atoms with van der Waals surface area (Å²) in [5.41, 5.74) is 4.11. The molecular formula is C11H16ClN6O+. The number of guanidine groups is 1. The van der Waals surface area contributed by atoms with Crippen molar-refractivity contribution in [3.05, 3.63) is 16.4 Å². The van der Waals surface area contributed by atoms with E-state index in [0.29, 0.717) is 11.8 Å². The van der Waals surface area contributed by atoms with Crippen LogP contribution in [-0.2, 0) is 0 Å². The van der Waals surface area contributed by atoms with Gasteiger partial charge < -0.3 is 0 Å². The predicted molar refractivity (Wildman–Crippen MR) is 72.3 cm³/mol. The van der Waals surface area contributed by atoms with Gasteiger partial charge in [0.15, 0.2) is 11.3 Å². The zero-order chi connectivity index (χ0) is 13.6. The summed E-state index contributed by atoms with van der Waals surface area (Å²) in [6.07, 6.45) is 2.04. The van der Waals surface area contributed by atoms with Crippen LogP contribution in [0.3, 0.4) is 0 Å². The number of nitrogens with zero attached hydrogens (tertiary/aromatic N) is 5. The van der Waals surface area contributed by atoms with Crippen molar-refractivity contribution < 1.29 is 4.76 Å². The summed E-state index contributed by atoms with van der Waals surface area (Å²) >= 11 is 6.01. The molecule has 0 spiro atoms. The maximum Gasteiger partial charge on any atom is 0.353 e. The first-order chi connectivity index (χ1) is 9.13. The van der Waals surface area contributed by atoms with Gasteiger partial charge in [-0.1, -0.05) is 29.9 Å². The van der Waals surface area contributed by atoms with Crippen LogP contribution in [0.25, 0.3) is 0 Å². The largest absolute Gasteiger partial charge is 0.353 e. The van der Waals surface area contributed by atoms with Gasteiger partial charge in [0.1, 0.15) is 0 Å². The van der Waals surface area contributed by atoms with Crippen LogP contribution in [-0.4, -0.2) is 45.2 Å². The van der Waals surface area contributed by atoms with Crippen molar-refractivity contribution in [2.24, 2.45) is 9.98 Å². The van der Waals surface area contributed by atoms with Gasteiger partial charge in [0.25, 0.3) is 0 Å². The zero-order valence-corrected chi connectivity index (χ0v) is 11.7. The molecule has 3 heterocycles. The first-order valence-electron chi connectivity index (χ1n) is 6.39. The number of rotatable bonds is 3. The molecule has 19 heavy (non-hydrogen) atoms. The second-order valence-corrected chi connectivity index (χ2v) is 5.08. The van der Waals surface area contributed by atoms with Crippen molar-refractivity contribution in [2.45, 2.75) is 32.3 Å². The molecule has 0 aromatic heterocycles. The Morgan fingerprint density at radius 3 is 3.11 bits per heavy atom. The lowest BCUT2D eigenvalue weighted by Crippen LogP contribution is -2.40. The highest BCUT2D eigenvalue weighted by Crippen LogP contribution is 2.32. The fourth-order valence-corrected chi connectivity index (χ4v) is 2.63. The lowest BCUT2D eigenvalue weighted by molar-refractivity contribution is -0.512. The van der Waals surface area contributed by atoms with Crippen molar-refractivity contribution in [2.75, 3.05) is 13.2 Å². The van der Waals surface area contributed by atoms with Crippen molar-refractivity contribution in [3.63, 3.8) is 0 Å². The minimum absolute atomic E-state index is 0.138. The number of fused-ring (bicyclic) bond motifs is 2. The van der Waals surface area contributed by atoms with E-state index in [9.17, 15) is 4.91 Å². The van der Waals surface area contributed by atoms with Gasteiger partial charge in [-0.25, -0.2) is 10.0 Å². The Hall–Kier alpha value is -1.47. The summed E-state index contributed by atoms with van der Waals surface area (Å²) in [5, 5.41) is 1.77. The van der Waals surface area contributed by atoms with Crippen LogP contribution in [0.2, 0.25) is 0 Å².